The van der Waals surface area contributed by atoms with Crippen LogP contribution in [-0.4, -0.2) is 61.8 Å². The molecule has 2 saturated heterocycles. The van der Waals surface area contributed by atoms with E-state index in [-0.39, 0.29) is 12.6 Å². The van der Waals surface area contributed by atoms with E-state index in [1.807, 2.05) is 0 Å². The summed E-state index contributed by atoms with van der Waals surface area (Å²) in [5.41, 5.74) is -0.709. The normalized spacial score (nSPS) is 26.3. The molecule has 4 rings (SSSR count). The van der Waals surface area contributed by atoms with Gasteiger partial charge in [0, 0.05) is 13.2 Å². The number of nitrogens with one attached hydrogen (secondary N) is 2. The summed E-state index contributed by atoms with van der Waals surface area (Å²) in [5, 5.41) is 5.42. The Morgan fingerprint density at radius 1 is 1.25 bits per heavy atom. The van der Waals surface area contributed by atoms with Crippen molar-refractivity contribution in [1.29, 1.82) is 0 Å². The number of benzene rings is 1. The predicted octanol–water partition coefficient (Wildman–Crippen LogP) is 0.520. The summed E-state index contributed by atoms with van der Waals surface area (Å²) in [7, 11) is 0. The van der Waals surface area contributed by atoms with Crippen LogP contribution in [0, 0.1) is 0 Å². The Labute approximate surface area is 162 Å². The summed E-state index contributed by atoms with van der Waals surface area (Å²) < 4.78 is 16.5. The summed E-state index contributed by atoms with van der Waals surface area (Å²) in [6.45, 7) is 3.24. The zero-order valence-corrected chi connectivity index (χ0v) is 15.7. The fourth-order valence-corrected chi connectivity index (χ4v) is 3.62. The number of hydrogen-bond acceptors (Lipinski definition) is 6. The largest absolute Gasteiger partial charge is 0.486 e. The maximum absolute atomic E-state index is 13.0. The number of amides is 4. The average molecular weight is 389 g/mol. The van der Waals surface area contributed by atoms with Crippen LogP contribution in [0.25, 0.3) is 0 Å². The number of ether oxygens (including phenoxy) is 3. The fraction of sp³-hybridized carbons (Fsp3) is 0.526. The van der Waals surface area contributed by atoms with Gasteiger partial charge in [-0.05, 0) is 37.5 Å². The number of carbonyl (C=O) groups excluding carboxylic acids is 3. The van der Waals surface area contributed by atoms with Crippen molar-refractivity contribution in [3.05, 3.63) is 23.8 Å². The fourth-order valence-electron chi connectivity index (χ4n) is 3.62. The van der Waals surface area contributed by atoms with Crippen LogP contribution in [0.2, 0.25) is 0 Å². The van der Waals surface area contributed by atoms with Crippen LogP contribution in [-0.2, 0) is 19.9 Å². The number of fused-ring (bicyclic) bond motifs is 1. The first-order valence-corrected chi connectivity index (χ1v) is 9.40. The molecule has 0 unspecified atom stereocenters. The highest BCUT2D eigenvalue weighted by atomic mass is 16.6. The summed E-state index contributed by atoms with van der Waals surface area (Å²) in [6.07, 6.45) is 1.86. The van der Waals surface area contributed by atoms with Crippen molar-refractivity contribution in [2.45, 2.75) is 31.4 Å². The molecule has 2 fully saturated rings. The molecule has 9 nitrogen and oxygen atoms in total. The molecule has 0 aromatic heterocycles. The molecule has 3 heterocycles. The van der Waals surface area contributed by atoms with Crippen molar-refractivity contribution in [2.75, 3.05) is 32.9 Å². The van der Waals surface area contributed by atoms with Gasteiger partial charge in [-0.25, -0.2) is 4.79 Å². The summed E-state index contributed by atoms with van der Waals surface area (Å²) in [6, 6.07) is 4.51. The zero-order chi connectivity index (χ0) is 19.7. The maximum atomic E-state index is 13.0. The Morgan fingerprint density at radius 2 is 2.04 bits per heavy atom. The molecule has 9 heteroatoms. The van der Waals surface area contributed by atoms with E-state index in [0.29, 0.717) is 43.4 Å². The number of carbonyl (C=O) groups is 3. The van der Waals surface area contributed by atoms with Gasteiger partial charge >= 0.3 is 6.03 Å². The highest BCUT2D eigenvalue weighted by Crippen LogP contribution is 2.36. The van der Waals surface area contributed by atoms with Crippen molar-refractivity contribution >= 4 is 17.8 Å². The van der Waals surface area contributed by atoms with E-state index in [0.717, 1.165) is 17.7 Å². The third-order valence-electron chi connectivity index (χ3n) is 5.25. The molecule has 0 spiro atoms. The third kappa shape index (κ3) is 3.37. The molecule has 1 aromatic rings. The van der Waals surface area contributed by atoms with Crippen LogP contribution in [0.4, 0.5) is 4.79 Å². The molecule has 4 amide bonds. The minimum absolute atomic E-state index is 0.00460. The first-order valence-electron chi connectivity index (χ1n) is 9.40. The molecule has 1 aromatic carbocycles. The van der Waals surface area contributed by atoms with Crippen molar-refractivity contribution in [2.24, 2.45) is 0 Å². The molecular weight excluding hydrogens is 366 g/mol. The van der Waals surface area contributed by atoms with E-state index in [4.69, 9.17) is 14.2 Å². The van der Waals surface area contributed by atoms with Crippen LogP contribution in [0.15, 0.2) is 18.2 Å². The van der Waals surface area contributed by atoms with Gasteiger partial charge in [0.1, 0.15) is 25.3 Å². The second-order valence-corrected chi connectivity index (χ2v) is 7.24. The molecule has 0 radical (unpaired) electrons. The number of rotatable bonds is 5. The lowest BCUT2D eigenvalue weighted by atomic mass is 9.91. The van der Waals surface area contributed by atoms with Gasteiger partial charge in [-0.3, -0.25) is 14.5 Å². The molecule has 0 aliphatic carbocycles. The molecule has 0 saturated carbocycles. The molecule has 3 aliphatic heterocycles. The van der Waals surface area contributed by atoms with Crippen LogP contribution < -0.4 is 20.1 Å². The summed E-state index contributed by atoms with van der Waals surface area (Å²) >= 11 is 0. The Morgan fingerprint density at radius 3 is 2.79 bits per heavy atom. The van der Waals surface area contributed by atoms with Crippen LogP contribution >= 0.6 is 0 Å². The van der Waals surface area contributed by atoms with Crippen molar-refractivity contribution < 1.29 is 28.6 Å². The number of hydrogen-bond donors (Lipinski definition) is 2. The molecule has 0 bridgehead atoms. The maximum Gasteiger partial charge on any atom is 0.325 e. The van der Waals surface area contributed by atoms with E-state index in [9.17, 15) is 14.4 Å². The minimum Gasteiger partial charge on any atom is -0.486 e. The van der Waals surface area contributed by atoms with Gasteiger partial charge in [-0.2, -0.15) is 0 Å². The third-order valence-corrected chi connectivity index (χ3v) is 5.25. The van der Waals surface area contributed by atoms with Crippen LogP contribution in [0.5, 0.6) is 11.5 Å². The Kier molecular flexibility index (Phi) is 4.84. The van der Waals surface area contributed by atoms with E-state index < -0.39 is 23.4 Å². The Balaban J connectivity index is 1.44. The SMILES string of the molecule is C[C@@]1(c2ccc3c(c2)OCCO3)NC(=O)N(CC(=O)NC[C@H]2CCCO2)C1=O. The van der Waals surface area contributed by atoms with Gasteiger partial charge in [-0.15, -0.1) is 0 Å². The van der Waals surface area contributed by atoms with E-state index in [1.165, 1.54) is 0 Å². The van der Waals surface area contributed by atoms with Crippen LogP contribution in [0.3, 0.4) is 0 Å². The second-order valence-electron chi connectivity index (χ2n) is 7.24. The highest BCUT2D eigenvalue weighted by molar-refractivity contribution is 6.09. The molecule has 2 atom stereocenters. The van der Waals surface area contributed by atoms with Crippen molar-refractivity contribution in [3.8, 4) is 11.5 Å². The Hall–Kier alpha value is -2.81. The summed E-state index contributed by atoms with van der Waals surface area (Å²) in [4.78, 5) is 38.5. The monoisotopic (exact) mass is 389 g/mol. The van der Waals surface area contributed by atoms with Crippen LogP contribution in [0.1, 0.15) is 25.3 Å². The number of imide groups is 1. The Bertz CT molecular complexity index is 807. The zero-order valence-electron chi connectivity index (χ0n) is 15.7. The first kappa shape index (κ1) is 18.5. The minimum atomic E-state index is -1.28. The molecule has 3 aliphatic rings. The summed E-state index contributed by atoms with van der Waals surface area (Å²) in [5.74, 6) is 0.243. The highest BCUT2D eigenvalue weighted by Gasteiger charge is 2.49. The predicted molar refractivity (Wildman–Crippen MR) is 97.0 cm³/mol. The van der Waals surface area contributed by atoms with E-state index >= 15 is 0 Å². The lowest BCUT2D eigenvalue weighted by molar-refractivity contribution is -0.134. The van der Waals surface area contributed by atoms with Crippen molar-refractivity contribution in [3.63, 3.8) is 0 Å². The number of nitrogens with zero attached hydrogens (tertiary/aromatic N) is 1. The molecule has 28 heavy (non-hydrogen) atoms. The lowest BCUT2D eigenvalue weighted by Gasteiger charge is -2.25. The quantitative estimate of drug-likeness (QED) is 0.712. The molecule has 2 N–H and O–H groups in total. The smallest absolute Gasteiger partial charge is 0.325 e. The van der Waals surface area contributed by atoms with Crippen molar-refractivity contribution in [1.82, 2.24) is 15.5 Å². The van der Waals surface area contributed by atoms with Gasteiger partial charge in [0.2, 0.25) is 5.91 Å². The first-order chi connectivity index (χ1) is 13.5. The lowest BCUT2D eigenvalue weighted by Crippen LogP contribution is -2.44. The standard InChI is InChI=1S/C19H23N3O6/c1-19(12-4-5-14-15(9-12)28-8-7-27-14)17(24)22(18(25)21-19)11-16(23)20-10-13-3-2-6-26-13/h4-5,9,13H,2-3,6-8,10-11H2,1H3,(H,20,23)(H,21,25)/t13-,19+/m1/s1. The van der Waals surface area contributed by atoms with Gasteiger partial charge < -0.3 is 24.8 Å². The topological polar surface area (TPSA) is 106 Å². The van der Waals surface area contributed by atoms with Gasteiger partial charge in [0.25, 0.3) is 5.91 Å². The van der Waals surface area contributed by atoms with Gasteiger partial charge in [0.15, 0.2) is 11.5 Å². The van der Waals surface area contributed by atoms with Gasteiger partial charge in [-0.1, -0.05) is 6.07 Å². The van der Waals surface area contributed by atoms with E-state index in [2.05, 4.69) is 10.6 Å². The van der Waals surface area contributed by atoms with Gasteiger partial charge in [0.05, 0.1) is 6.10 Å². The molecular formula is C19H23N3O6. The average Bonchev–Trinajstić information content (AvgIpc) is 3.29. The number of urea groups is 1. The molecule has 150 valence electrons. The second kappa shape index (κ2) is 7.31. The van der Waals surface area contributed by atoms with E-state index in [1.54, 1.807) is 25.1 Å².